The molecule has 0 spiro atoms. The zero-order valence-corrected chi connectivity index (χ0v) is 13.8. The van der Waals surface area contributed by atoms with E-state index in [9.17, 15) is 9.59 Å². The molecule has 0 unspecified atom stereocenters. The number of benzene rings is 1. The van der Waals surface area contributed by atoms with Gasteiger partial charge in [0.2, 0.25) is 11.3 Å². The molecule has 1 aliphatic heterocycles. The number of nitrogens with zero attached hydrogens (tertiary/aromatic N) is 2. The largest absolute Gasteiger partial charge is 0.345 e. The van der Waals surface area contributed by atoms with Gasteiger partial charge in [-0.05, 0) is 18.6 Å². The minimum atomic E-state index is -0.0316. The maximum absolute atomic E-state index is 12.7. The van der Waals surface area contributed by atoms with Crippen molar-refractivity contribution in [1.82, 2.24) is 4.57 Å². The number of fused-ring (bicyclic) bond motifs is 1. The number of rotatable bonds is 7. The van der Waals surface area contributed by atoms with Crippen molar-refractivity contribution in [3.8, 4) is 0 Å². The molecule has 0 bridgehead atoms. The summed E-state index contributed by atoms with van der Waals surface area (Å²) in [6, 6.07) is 7.70. The zero-order chi connectivity index (χ0) is 16.2. The molecular formula is C19H24N2O2. The first-order chi connectivity index (χ1) is 11.2. The highest BCUT2D eigenvalue weighted by Gasteiger charge is 2.28. The summed E-state index contributed by atoms with van der Waals surface area (Å²) in [5.41, 5.74) is 1.47. The topological polar surface area (TPSA) is 42.3 Å². The van der Waals surface area contributed by atoms with Crippen LogP contribution in [-0.2, 0) is 11.3 Å². The van der Waals surface area contributed by atoms with Crippen LogP contribution in [0.2, 0.25) is 0 Å². The van der Waals surface area contributed by atoms with Gasteiger partial charge in [-0.25, -0.2) is 0 Å². The molecule has 23 heavy (non-hydrogen) atoms. The summed E-state index contributed by atoms with van der Waals surface area (Å²) in [5, 5.41) is 0.707. The first-order valence-electron chi connectivity index (χ1n) is 8.65. The van der Waals surface area contributed by atoms with Crippen LogP contribution in [0.15, 0.2) is 35.3 Å². The molecule has 1 aliphatic rings. The third kappa shape index (κ3) is 3.16. The Morgan fingerprint density at radius 2 is 1.83 bits per heavy atom. The summed E-state index contributed by atoms with van der Waals surface area (Å²) in [4.78, 5) is 26.0. The fourth-order valence-corrected chi connectivity index (χ4v) is 3.16. The van der Waals surface area contributed by atoms with Gasteiger partial charge in [-0.15, -0.1) is 0 Å². The third-order valence-corrected chi connectivity index (χ3v) is 4.61. The molecular weight excluding hydrogens is 288 g/mol. The van der Waals surface area contributed by atoms with Crippen molar-refractivity contribution in [3.63, 3.8) is 0 Å². The summed E-state index contributed by atoms with van der Waals surface area (Å²) >= 11 is 0. The van der Waals surface area contributed by atoms with E-state index in [2.05, 4.69) is 11.5 Å². The average Bonchev–Trinajstić information content (AvgIpc) is 2.57. The molecule has 4 nitrogen and oxygen atoms in total. The number of anilines is 1. The molecule has 1 amide bonds. The lowest BCUT2D eigenvalue weighted by Crippen LogP contribution is -2.46. The lowest BCUT2D eigenvalue weighted by Gasteiger charge is -2.30. The molecule has 3 rings (SSSR count). The Balaban J connectivity index is 1.90. The van der Waals surface area contributed by atoms with Crippen molar-refractivity contribution >= 4 is 22.5 Å². The number of pyridine rings is 1. The minimum Gasteiger partial charge on any atom is -0.345 e. The maximum Gasteiger partial charge on any atom is 0.228 e. The molecule has 1 aromatic carbocycles. The SMILES string of the molecule is CCCCCCCn1cc(N2CCC2=O)c(=O)c2ccccc21. The van der Waals surface area contributed by atoms with Crippen LogP contribution in [0.1, 0.15) is 45.4 Å². The van der Waals surface area contributed by atoms with E-state index < -0.39 is 0 Å². The first kappa shape index (κ1) is 15.8. The molecule has 1 fully saturated rings. The van der Waals surface area contributed by atoms with E-state index >= 15 is 0 Å². The van der Waals surface area contributed by atoms with E-state index in [1.807, 2.05) is 30.5 Å². The van der Waals surface area contributed by atoms with E-state index in [0.29, 0.717) is 24.0 Å². The van der Waals surface area contributed by atoms with Crippen LogP contribution in [-0.4, -0.2) is 17.0 Å². The van der Waals surface area contributed by atoms with Gasteiger partial charge in [0.25, 0.3) is 0 Å². The predicted molar refractivity (Wildman–Crippen MR) is 93.9 cm³/mol. The molecule has 2 aromatic rings. The number of hydrogen-bond acceptors (Lipinski definition) is 2. The van der Waals surface area contributed by atoms with Crippen molar-refractivity contribution in [2.45, 2.75) is 52.0 Å². The summed E-state index contributed by atoms with van der Waals surface area (Å²) in [6.45, 7) is 3.76. The number of hydrogen-bond donors (Lipinski definition) is 0. The second kappa shape index (κ2) is 6.99. The number of carbonyl (C=O) groups excluding carboxylic acids is 1. The smallest absolute Gasteiger partial charge is 0.228 e. The molecule has 1 aromatic heterocycles. The average molecular weight is 312 g/mol. The lowest BCUT2D eigenvalue weighted by molar-refractivity contribution is -0.122. The van der Waals surface area contributed by atoms with Gasteiger partial charge in [0.15, 0.2) is 0 Å². The standard InChI is InChI=1S/C19H24N2O2/c1-2-3-4-5-8-12-20-14-17(21-13-11-18(21)22)19(23)15-9-6-7-10-16(15)20/h6-7,9-10,14H,2-5,8,11-13H2,1H3. The molecule has 0 atom stereocenters. The molecule has 0 aliphatic carbocycles. The van der Waals surface area contributed by atoms with Crippen molar-refractivity contribution in [3.05, 3.63) is 40.7 Å². The van der Waals surface area contributed by atoms with Crippen molar-refractivity contribution < 1.29 is 4.79 Å². The number of β-lactam (4-membered cyclic amide) rings is 1. The Morgan fingerprint density at radius 1 is 1.04 bits per heavy atom. The number of carbonyl (C=O) groups is 1. The Hall–Kier alpha value is -2.10. The van der Waals surface area contributed by atoms with Crippen molar-refractivity contribution in [2.24, 2.45) is 0 Å². The summed E-state index contributed by atoms with van der Waals surface area (Å²) in [6.07, 6.45) is 8.49. The van der Waals surface area contributed by atoms with Gasteiger partial charge < -0.3 is 9.47 Å². The van der Waals surface area contributed by atoms with Crippen molar-refractivity contribution in [1.29, 1.82) is 0 Å². The normalized spacial score (nSPS) is 14.3. The van der Waals surface area contributed by atoms with Gasteiger partial charge in [0.1, 0.15) is 5.69 Å². The maximum atomic E-state index is 12.7. The van der Waals surface area contributed by atoms with Gasteiger partial charge in [-0.1, -0.05) is 44.7 Å². The Labute approximate surface area is 136 Å². The minimum absolute atomic E-state index is 0.0316. The van der Waals surface area contributed by atoms with Crippen LogP contribution in [0.3, 0.4) is 0 Å². The van der Waals surface area contributed by atoms with E-state index in [1.165, 1.54) is 25.7 Å². The number of amides is 1. The van der Waals surface area contributed by atoms with Crippen LogP contribution in [0.4, 0.5) is 5.69 Å². The number of unbranched alkanes of at least 4 members (excludes halogenated alkanes) is 4. The van der Waals surface area contributed by atoms with E-state index in [-0.39, 0.29) is 11.3 Å². The number of para-hydroxylation sites is 1. The lowest BCUT2D eigenvalue weighted by atomic mass is 10.1. The van der Waals surface area contributed by atoms with E-state index in [4.69, 9.17) is 0 Å². The van der Waals surface area contributed by atoms with Gasteiger partial charge in [-0.2, -0.15) is 0 Å². The summed E-state index contributed by atoms with van der Waals surface area (Å²) in [5.74, 6) is 0.0480. The van der Waals surface area contributed by atoms with Crippen molar-refractivity contribution in [2.75, 3.05) is 11.4 Å². The van der Waals surface area contributed by atoms with Crippen LogP contribution < -0.4 is 10.3 Å². The fraction of sp³-hybridized carbons (Fsp3) is 0.474. The molecule has 1 saturated heterocycles. The molecule has 0 radical (unpaired) electrons. The third-order valence-electron chi connectivity index (χ3n) is 4.61. The molecule has 122 valence electrons. The van der Waals surface area contributed by atoms with Gasteiger partial charge in [-0.3, -0.25) is 9.59 Å². The summed E-state index contributed by atoms with van der Waals surface area (Å²) < 4.78 is 2.14. The van der Waals surface area contributed by atoms with Crippen LogP contribution in [0.25, 0.3) is 10.9 Å². The first-order valence-corrected chi connectivity index (χ1v) is 8.65. The Bertz CT molecular complexity index is 764. The molecule has 2 heterocycles. The van der Waals surface area contributed by atoms with Gasteiger partial charge >= 0.3 is 0 Å². The molecule has 4 heteroatoms. The second-order valence-electron chi connectivity index (χ2n) is 6.26. The van der Waals surface area contributed by atoms with Crippen LogP contribution >= 0.6 is 0 Å². The Kier molecular flexibility index (Phi) is 4.79. The monoisotopic (exact) mass is 312 g/mol. The number of aryl methyl sites for hydroxylation is 1. The highest BCUT2D eigenvalue weighted by molar-refractivity contribution is 6.00. The second-order valence-corrected chi connectivity index (χ2v) is 6.26. The summed E-state index contributed by atoms with van der Waals surface area (Å²) in [7, 11) is 0. The fourth-order valence-electron chi connectivity index (χ4n) is 3.16. The zero-order valence-electron chi connectivity index (χ0n) is 13.8. The van der Waals surface area contributed by atoms with Gasteiger partial charge in [0.05, 0.1) is 5.52 Å². The van der Waals surface area contributed by atoms with Crippen LogP contribution in [0, 0.1) is 0 Å². The Morgan fingerprint density at radius 3 is 2.52 bits per heavy atom. The van der Waals surface area contributed by atoms with E-state index in [0.717, 1.165) is 18.5 Å². The molecule has 0 N–H and O–H groups in total. The highest BCUT2D eigenvalue weighted by Crippen LogP contribution is 2.22. The van der Waals surface area contributed by atoms with E-state index in [1.54, 1.807) is 4.90 Å². The quantitative estimate of drug-likeness (QED) is 0.578. The van der Waals surface area contributed by atoms with Crippen LogP contribution in [0.5, 0.6) is 0 Å². The van der Waals surface area contributed by atoms with Gasteiger partial charge in [0, 0.05) is 31.1 Å². The number of aromatic nitrogens is 1. The predicted octanol–water partition coefficient (Wildman–Crippen LogP) is 3.71. The highest BCUT2D eigenvalue weighted by atomic mass is 16.2. The molecule has 0 saturated carbocycles.